The lowest BCUT2D eigenvalue weighted by atomic mass is 10.0. The molecule has 11 heteroatoms. The van der Waals surface area contributed by atoms with E-state index in [1.807, 2.05) is 81.6 Å². The number of nitrogens with one attached hydrogen (secondary N) is 3. The van der Waals surface area contributed by atoms with Crippen LogP contribution in [-0.2, 0) is 22.9 Å². The predicted molar refractivity (Wildman–Crippen MR) is 178 cm³/mol. The van der Waals surface area contributed by atoms with E-state index >= 15 is 0 Å². The fraction of sp³-hybridized carbons (Fsp3) is 0.333. The first-order chi connectivity index (χ1) is 20.9. The molecule has 0 bridgehead atoms. The van der Waals surface area contributed by atoms with Crippen LogP contribution in [0.2, 0.25) is 0 Å². The van der Waals surface area contributed by atoms with E-state index in [-0.39, 0.29) is 12.3 Å². The number of thiazole rings is 1. The first kappa shape index (κ1) is 33.0. The lowest BCUT2D eigenvalue weighted by molar-refractivity contribution is 0.0861. The van der Waals surface area contributed by atoms with E-state index in [0.29, 0.717) is 34.2 Å². The molecule has 1 aromatic heterocycles. The van der Waals surface area contributed by atoms with Gasteiger partial charge < -0.3 is 20.5 Å². The van der Waals surface area contributed by atoms with E-state index < -0.39 is 33.8 Å². The van der Waals surface area contributed by atoms with Crippen molar-refractivity contribution < 1.29 is 23.1 Å². The summed E-state index contributed by atoms with van der Waals surface area (Å²) in [5.41, 5.74) is 4.82. The number of nitrogens with zero attached hydrogens (tertiary/aromatic N) is 1. The molecule has 0 aliphatic rings. The van der Waals surface area contributed by atoms with Crippen molar-refractivity contribution in [2.75, 3.05) is 22.9 Å². The third kappa shape index (κ3) is 9.28. The van der Waals surface area contributed by atoms with Crippen LogP contribution in [0.3, 0.4) is 0 Å². The molecule has 0 saturated carbocycles. The quantitative estimate of drug-likeness (QED) is 0.137. The third-order valence-electron chi connectivity index (χ3n) is 7.03. The first-order valence-corrected chi connectivity index (χ1v) is 17.0. The van der Waals surface area contributed by atoms with Crippen molar-refractivity contribution in [1.29, 1.82) is 0 Å². The average molecular weight is 637 g/mol. The molecule has 9 nitrogen and oxygen atoms in total. The minimum atomic E-state index is -4.00. The zero-order valence-electron chi connectivity index (χ0n) is 25.6. The zero-order chi connectivity index (χ0) is 31.9. The van der Waals surface area contributed by atoms with E-state index in [1.54, 1.807) is 25.3 Å². The van der Waals surface area contributed by atoms with E-state index in [1.165, 1.54) is 11.3 Å². The van der Waals surface area contributed by atoms with Gasteiger partial charge in [0.2, 0.25) is 10.0 Å². The number of aliphatic hydroxyl groups excluding tert-OH is 1. The number of benzene rings is 3. The van der Waals surface area contributed by atoms with Crippen molar-refractivity contribution in [2.24, 2.45) is 5.92 Å². The van der Waals surface area contributed by atoms with Gasteiger partial charge >= 0.3 is 0 Å². The molecule has 0 spiro atoms. The monoisotopic (exact) mass is 636 g/mol. The van der Waals surface area contributed by atoms with Gasteiger partial charge in [-0.15, -0.1) is 11.3 Å². The fourth-order valence-electron chi connectivity index (χ4n) is 4.83. The maximum Gasteiger partial charge on any atom is 0.251 e. The molecule has 0 saturated heterocycles. The summed E-state index contributed by atoms with van der Waals surface area (Å²) in [6, 6.07) is 19.1. The summed E-state index contributed by atoms with van der Waals surface area (Å²) in [5, 5.41) is 20.1. The van der Waals surface area contributed by atoms with Gasteiger partial charge in [-0.05, 0) is 79.6 Å². The minimum absolute atomic E-state index is 0.236. The van der Waals surface area contributed by atoms with Crippen LogP contribution in [0.4, 0.5) is 16.5 Å². The van der Waals surface area contributed by atoms with Gasteiger partial charge in [-0.25, -0.2) is 13.4 Å². The number of aromatic nitrogens is 1. The molecule has 3 aromatic carbocycles. The van der Waals surface area contributed by atoms with Crippen molar-refractivity contribution in [1.82, 2.24) is 10.3 Å². The van der Waals surface area contributed by atoms with Crippen LogP contribution in [0.5, 0.6) is 5.75 Å². The number of sulfonamides is 1. The summed E-state index contributed by atoms with van der Waals surface area (Å²) in [6.45, 7) is 7.83. The first-order valence-electron chi connectivity index (χ1n) is 14.4. The molecule has 1 heterocycles. The van der Waals surface area contributed by atoms with Crippen molar-refractivity contribution >= 4 is 43.8 Å². The average Bonchev–Trinajstić information content (AvgIpc) is 3.38. The summed E-state index contributed by atoms with van der Waals surface area (Å²) in [5.74, 6) is -0.113. The Balaban J connectivity index is 1.55. The molecule has 0 fully saturated rings. The number of hydrogen-bond acceptors (Lipinski definition) is 8. The number of carbonyl (C=O) groups excluding carboxylic acids is 1. The summed E-state index contributed by atoms with van der Waals surface area (Å²) in [6.07, 6.45) is -0.525. The van der Waals surface area contributed by atoms with Crippen LogP contribution < -0.4 is 20.1 Å². The second-order valence-electron chi connectivity index (χ2n) is 11.3. The molecule has 0 aliphatic carbocycles. The number of aryl methyl sites for hydroxylation is 2. The van der Waals surface area contributed by atoms with Crippen LogP contribution in [-0.4, -0.2) is 49.4 Å². The zero-order valence-corrected chi connectivity index (χ0v) is 27.3. The molecule has 2 atom stereocenters. The Kier molecular flexibility index (Phi) is 11.0. The number of amides is 1. The molecule has 4 N–H and O–H groups in total. The molecule has 4 rings (SSSR count). The van der Waals surface area contributed by atoms with Crippen molar-refractivity contribution in [3.8, 4) is 5.75 Å². The number of hydrogen-bond donors (Lipinski definition) is 4. The van der Waals surface area contributed by atoms with Gasteiger partial charge in [0, 0.05) is 16.6 Å². The van der Waals surface area contributed by atoms with Gasteiger partial charge in [0.1, 0.15) is 5.75 Å². The van der Waals surface area contributed by atoms with Crippen LogP contribution in [0.1, 0.15) is 46.6 Å². The van der Waals surface area contributed by atoms with E-state index in [2.05, 4.69) is 20.3 Å². The number of ether oxygens (including phenoxy) is 1. The highest BCUT2D eigenvalue weighted by atomic mass is 32.2. The Labute approximate surface area is 263 Å². The molecule has 0 radical (unpaired) electrons. The predicted octanol–water partition coefficient (Wildman–Crippen LogP) is 5.85. The molecule has 1 amide bonds. The number of methoxy groups -OCH3 is 1. The topological polar surface area (TPSA) is 130 Å². The Hall–Kier alpha value is -3.93. The minimum Gasteiger partial charge on any atom is -0.497 e. The lowest BCUT2D eigenvalue weighted by Crippen LogP contribution is -2.48. The number of carbonyl (C=O) groups is 1. The summed E-state index contributed by atoms with van der Waals surface area (Å²) >= 11 is 1.46. The number of anilines is 3. The van der Waals surface area contributed by atoms with Crippen LogP contribution in [0.15, 0.2) is 72.1 Å². The standard InChI is InChI=1S/C33H40N4O5S2/c1-21(2)15-25-17-27(42-5)13-14-29(25)37-44(40,41)20-31(38)30(16-24-9-7-6-8-10-24)36-32(39)28-18-26(12-11-22(28)3)35-33-34-23(4)19-43-33/h6-14,17-19,21,30-31,37-38H,15-16,20H2,1-5H3,(H,34,35)(H,36,39)/t30-,31-/m0/s1. The molecule has 0 unspecified atom stereocenters. The lowest BCUT2D eigenvalue weighted by Gasteiger charge is -2.25. The SMILES string of the molecule is COc1ccc(NS(=O)(=O)C[C@H](O)[C@H](Cc2ccccc2)NC(=O)c2cc(Nc3nc(C)cs3)ccc2C)c(CC(C)C)c1. The molecular formula is C33H40N4O5S2. The molecular weight excluding hydrogens is 597 g/mol. The van der Waals surface area contributed by atoms with E-state index in [4.69, 9.17) is 4.74 Å². The molecule has 44 heavy (non-hydrogen) atoms. The summed E-state index contributed by atoms with van der Waals surface area (Å²) in [7, 11) is -2.44. The maximum atomic E-state index is 13.6. The highest BCUT2D eigenvalue weighted by Gasteiger charge is 2.28. The molecule has 0 aliphatic heterocycles. The summed E-state index contributed by atoms with van der Waals surface area (Å²) < 4.78 is 34.7. The number of rotatable bonds is 14. The Morgan fingerprint density at radius 3 is 2.43 bits per heavy atom. The second-order valence-corrected chi connectivity index (χ2v) is 13.9. The summed E-state index contributed by atoms with van der Waals surface area (Å²) in [4.78, 5) is 18.0. The van der Waals surface area contributed by atoms with Crippen molar-refractivity contribution in [2.45, 2.75) is 52.7 Å². The molecule has 234 valence electrons. The van der Waals surface area contributed by atoms with E-state index in [9.17, 15) is 18.3 Å². The maximum absolute atomic E-state index is 13.6. The largest absolute Gasteiger partial charge is 0.497 e. The molecule has 4 aromatic rings. The normalized spacial score (nSPS) is 12.9. The van der Waals surface area contributed by atoms with Crippen molar-refractivity contribution in [3.05, 3.63) is 100 Å². The highest BCUT2D eigenvalue weighted by molar-refractivity contribution is 7.92. The Bertz CT molecular complexity index is 1670. The van der Waals surface area contributed by atoms with Crippen LogP contribution in [0.25, 0.3) is 0 Å². The van der Waals surface area contributed by atoms with Gasteiger partial charge in [-0.2, -0.15) is 0 Å². The highest BCUT2D eigenvalue weighted by Crippen LogP contribution is 2.26. The van der Waals surface area contributed by atoms with Gasteiger partial charge in [-0.1, -0.05) is 50.2 Å². The Morgan fingerprint density at radius 1 is 1.02 bits per heavy atom. The third-order valence-corrected chi connectivity index (χ3v) is 9.21. The van der Waals surface area contributed by atoms with Crippen LogP contribution in [0, 0.1) is 19.8 Å². The van der Waals surface area contributed by atoms with Gasteiger partial charge in [0.25, 0.3) is 5.91 Å². The van der Waals surface area contributed by atoms with Crippen LogP contribution >= 0.6 is 11.3 Å². The number of aliphatic hydroxyl groups is 1. The van der Waals surface area contributed by atoms with Gasteiger partial charge in [0.15, 0.2) is 5.13 Å². The fourth-order valence-corrected chi connectivity index (χ4v) is 6.84. The Morgan fingerprint density at radius 2 is 1.77 bits per heavy atom. The van der Waals surface area contributed by atoms with Crippen molar-refractivity contribution in [3.63, 3.8) is 0 Å². The van der Waals surface area contributed by atoms with Gasteiger partial charge in [0.05, 0.1) is 36.4 Å². The second kappa shape index (κ2) is 14.7. The van der Waals surface area contributed by atoms with E-state index in [0.717, 1.165) is 22.4 Å². The van der Waals surface area contributed by atoms with Gasteiger partial charge in [-0.3, -0.25) is 9.52 Å². The smallest absolute Gasteiger partial charge is 0.251 e.